The molecule has 2 N–H and O–H groups in total. The van der Waals surface area contributed by atoms with Gasteiger partial charge in [0.25, 0.3) is 0 Å². The highest BCUT2D eigenvalue weighted by Gasteiger charge is 2.44. The molecule has 25 heavy (non-hydrogen) atoms. The van der Waals surface area contributed by atoms with E-state index in [1.54, 1.807) is 13.1 Å². The molecule has 4 nitrogen and oxygen atoms in total. The van der Waals surface area contributed by atoms with Gasteiger partial charge in [0.05, 0.1) is 11.6 Å². The van der Waals surface area contributed by atoms with Gasteiger partial charge in [-0.3, -0.25) is 4.99 Å². The van der Waals surface area contributed by atoms with E-state index in [0.717, 1.165) is 35.9 Å². The summed E-state index contributed by atoms with van der Waals surface area (Å²) in [7, 11) is 1.76. The molecule has 5 heteroatoms. The van der Waals surface area contributed by atoms with Crippen molar-refractivity contribution in [2.24, 2.45) is 4.99 Å². The van der Waals surface area contributed by atoms with Gasteiger partial charge in [0.15, 0.2) is 5.96 Å². The van der Waals surface area contributed by atoms with E-state index < -0.39 is 0 Å². The highest BCUT2D eigenvalue weighted by Crippen LogP contribution is 2.48. The van der Waals surface area contributed by atoms with Crippen molar-refractivity contribution in [1.82, 2.24) is 10.6 Å². The number of hydrogen-bond acceptors (Lipinski definition) is 2. The van der Waals surface area contributed by atoms with E-state index in [4.69, 9.17) is 16.9 Å². The largest absolute Gasteiger partial charge is 0.356 e. The van der Waals surface area contributed by atoms with Crippen molar-refractivity contribution in [3.63, 3.8) is 0 Å². The maximum atomic E-state index is 8.98. The first-order chi connectivity index (χ1) is 12.1. The average molecular weight is 353 g/mol. The van der Waals surface area contributed by atoms with Crippen LogP contribution in [0.4, 0.5) is 0 Å². The molecule has 0 atom stereocenters. The molecule has 0 saturated heterocycles. The minimum Gasteiger partial charge on any atom is -0.356 e. The van der Waals surface area contributed by atoms with Gasteiger partial charge in [-0.15, -0.1) is 0 Å². The molecule has 0 spiro atoms. The minimum atomic E-state index is 0.156. The monoisotopic (exact) mass is 352 g/mol. The second kappa shape index (κ2) is 7.58. The number of nitrogens with zero attached hydrogens (tertiary/aromatic N) is 2. The van der Waals surface area contributed by atoms with Crippen LogP contribution in [0.3, 0.4) is 0 Å². The molecule has 0 aromatic heterocycles. The Labute approximate surface area is 153 Å². The van der Waals surface area contributed by atoms with Gasteiger partial charge < -0.3 is 10.6 Å². The highest BCUT2D eigenvalue weighted by molar-refractivity contribution is 6.30. The van der Waals surface area contributed by atoms with Gasteiger partial charge in [-0.05, 0) is 48.2 Å². The first kappa shape index (κ1) is 17.3. The lowest BCUT2D eigenvalue weighted by atomic mass is 9.96. The van der Waals surface area contributed by atoms with Gasteiger partial charge in [-0.2, -0.15) is 5.26 Å². The summed E-state index contributed by atoms with van der Waals surface area (Å²) in [4.78, 5) is 4.29. The fourth-order valence-electron chi connectivity index (χ4n) is 2.95. The van der Waals surface area contributed by atoms with E-state index in [-0.39, 0.29) is 5.41 Å². The summed E-state index contributed by atoms with van der Waals surface area (Å²) in [5.41, 5.74) is 3.16. The number of aliphatic imine (C=N–C) groups is 1. The number of hydrogen-bond donors (Lipinski definition) is 2. The zero-order valence-electron chi connectivity index (χ0n) is 14.2. The lowest BCUT2D eigenvalue weighted by molar-refractivity contribution is 0.645. The van der Waals surface area contributed by atoms with E-state index in [1.807, 2.05) is 30.3 Å². The Kier molecular flexibility index (Phi) is 5.25. The van der Waals surface area contributed by atoms with Crippen molar-refractivity contribution in [3.05, 3.63) is 70.2 Å². The first-order valence-electron chi connectivity index (χ1n) is 8.35. The van der Waals surface area contributed by atoms with Crippen molar-refractivity contribution < 1.29 is 0 Å². The summed E-state index contributed by atoms with van der Waals surface area (Å²) in [5.74, 6) is 0.760. The van der Waals surface area contributed by atoms with Crippen molar-refractivity contribution >= 4 is 17.6 Å². The minimum absolute atomic E-state index is 0.156. The Morgan fingerprint density at radius 2 is 2.00 bits per heavy atom. The number of nitriles is 1. The molecule has 3 rings (SSSR count). The summed E-state index contributed by atoms with van der Waals surface area (Å²) >= 11 is 6.13. The predicted octanol–water partition coefficient (Wildman–Crippen LogP) is 3.61. The molecule has 128 valence electrons. The Hall–Kier alpha value is -2.51. The summed E-state index contributed by atoms with van der Waals surface area (Å²) in [5, 5.41) is 16.5. The Bertz CT molecular complexity index is 818. The SMILES string of the molecule is CN=C(NCc1cccc(C#N)c1)NCC1(c2cccc(Cl)c2)CC1. The summed E-state index contributed by atoms with van der Waals surface area (Å²) in [6, 6.07) is 17.8. The zero-order valence-corrected chi connectivity index (χ0v) is 15.0. The summed E-state index contributed by atoms with van der Waals surface area (Å²) in [6.45, 7) is 1.45. The summed E-state index contributed by atoms with van der Waals surface area (Å²) in [6.07, 6.45) is 2.31. The third kappa shape index (κ3) is 4.32. The van der Waals surface area contributed by atoms with Crippen LogP contribution in [0.5, 0.6) is 0 Å². The van der Waals surface area contributed by atoms with Crippen LogP contribution >= 0.6 is 11.6 Å². The number of nitrogens with one attached hydrogen (secondary N) is 2. The molecule has 1 fully saturated rings. The second-order valence-corrected chi connectivity index (χ2v) is 6.82. The van der Waals surface area contributed by atoms with Crippen LogP contribution in [-0.2, 0) is 12.0 Å². The molecule has 0 aliphatic heterocycles. The van der Waals surface area contributed by atoms with E-state index in [9.17, 15) is 0 Å². The highest BCUT2D eigenvalue weighted by atomic mass is 35.5. The van der Waals surface area contributed by atoms with Gasteiger partial charge in [0.2, 0.25) is 0 Å². The average Bonchev–Trinajstić information content (AvgIpc) is 3.43. The van der Waals surface area contributed by atoms with Gasteiger partial charge in [-0.25, -0.2) is 0 Å². The lowest BCUT2D eigenvalue weighted by Crippen LogP contribution is -2.40. The van der Waals surface area contributed by atoms with Gasteiger partial charge in [-0.1, -0.05) is 35.9 Å². The second-order valence-electron chi connectivity index (χ2n) is 6.38. The lowest BCUT2D eigenvalue weighted by Gasteiger charge is -2.19. The maximum absolute atomic E-state index is 8.98. The number of rotatable bonds is 5. The molecule has 0 heterocycles. The standard InChI is InChI=1S/C20H21ClN4/c1-23-19(24-13-16-5-2-4-15(10-16)12-22)25-14-20(8-9-20)17-6-3-7-18(21)11-17/h2-7,10-11H,8-9,13-14H2,1H3,(H2,23,24,25). The fraction of sp³-hybridized carbons (Fsp3) is 0.300. The maximum Gasteiger partial charge on any atom is 0.191 e. The fourth-order valence-corrected chi connectivity index (χ4v) is 3.14. The Morgan fingerprint density at radius 1 is 1.20 bits per heavy atom. The van der Waals surface area contributed by atoms with Crippen molar-refractivity contribution in [3.8, 4) is 6.07 Å². The van der Waals surface area contributed by atoms with Crippen molar-refractivity contribution in [2.45, 2.75) is 24.8 Å². The van der Waals surface area contributed by atoms with Crippen LogP contribution in [0.2, 0.25) is 5.02 Å². The molecule has 1 aliphatic rings. The van der Waals surface area contributed by atoms with E-state index in [2.05, 4.69) is 33.8 Å². The molecule has 2 aromatic rings. The zero-order chi connectivity index (χ0) is 17.7. The smallest absolute Gasteiger partial charge is 0.191 e. The van der Waals surface area contributed by atoms with Crippen LogP contribution in [0.15, 0.2) is 53.5 Å². The van der Waals surface area contributed by atoms with Crippen LogP contribution in [0.25, 0.3) is 0 Å². The van der Waals surface area contributed by atoms with Crippen molar-refractivity contribution in [1.29, 1.82) is 5.26 Å². The van der Waals surface area contributed by atoms with Crippen molar-refractivity contribution in [2.75, 3.05) is 13.6 Å². The van der Waals surface area contributed by atoms with Gasteiger partial charge >= 0.3 is 0 Å². The van der Waals surface area contributed by atoms with Crippen LogP contribution in [0.1, 0.15) is 29.5 Å². The van der Waals surface area contributed by atoms with Gasteiger partial charge in [0, 0.05) is 30.6 Å². The molecule has 0 amide bonds. The normalized spacial score (nSPS) is 15.3. The number of halogens is 1. The predicted molar refractivity (Wildman–Crippen MR) is 102 cm³/mol. The third-order valence-corrected chi connectivity index (χ3v) is 4.86. The Morgan fingerprint density at radius 3 is 2.68 bits per heavy atom. The molecular formula is C20H21ClN4. The number of guanidine groups is 1. The topological polar surface area (TPSA) is 60.2 Å². The van der Waals surface area contributed by atoms with Crippen LogP contribution < -0.4 is 10.6 Å². The van der Waals surface area contributed by atoms with E-state index in [1.165, 1.54) is 5.56 Å². The summed E-state index contributed by atoms with van der Waals surface area (Å²) < 4.78 is 0. The number of benzene rings is 2. The molecule has 1 saturated carbocycles. The van der Waals surface area contributed by atoms with Gasteiger partial charge in [0.1, 0.15) is 0 Å². The van der Waals surface area contributed by atoms with Crippen LogP contribution in [-0.4, -0.2) is 19.6 Å². The molecular weight excluding hydrogens is 332 g/mol. The quantitative estimate of drug-likeness (QED) is 0.638. The molecule has 0 bridgehead atoms. The molecule has 1 aliphatic carbocycles. The third-order valence-electron chi connectivity index (χ3n) is 4.62. The first-order valence-corrected chi connectivity index (χ1v) is 8.73. The Balaban J connectivity index is 1.57. The van der Waals surface area contributed by atoms with E-state index in [0.29, 0.717) is 12.1 Å². The molecule has 0 radical (unpaired) electrons. The van der Waals surface area contributed by atoms with Crippen LogP contribution in [0, 0.1) is 11.3 Å². The molecule has 0 unspecified atom stereocenters. The van der Waals surface area contributed by atoms with E-state index >= 15 is 0 Å². The molecule has 2 aromatic carbocycles.